The summed E-state index contributed by atoms with van der Waals surface area (Å²) in [5.41, 5.74) is 0. The molecule has 0 atom stereocenters. The van der Waals surface area contributed by atoms with Crippen LogP contribution in [0, 0.1) is 16.9 Å². The molecular formula is C6H9NO. The molecule has 0 aromatic carbocycles. The average Bonchev–Trinajstić information content (AvgIpc) is 1.81. The maximum atomic E-state index is 9.34. The van der Waals surface area contributed by atoms with Gasteiger partial charge in [-0.25, -0.2) is 0 Å². The summed E-state index contributed by atoms with van der Waals surface area (Å²) < 4.78 is 0. The maximum absolute atomic E-state index is 9.34. The van der Waals surface area contributed by atoms with Crippen LogP contribution in [0.3, 0.4) is 0 Å². The Labute approximate surface area is 49.3 Å². The van der Waals surface area contributed by atoms with E-state index in [2.05, 4.69) is 24.1 Å². The number of nitroso groups, excluding NO2 is 1. The van der Waals surface area contributed by atoms with E-state index in [1.807, 2.05) is 0 Å². The molecule has 0 saturated carbocycles. The van der Waals surface area contributed by atoms with Gasteiger partial charge in [0.05, 0.1) is 6.04 Å². The van der Waals surface area contributed by atoms with Crippen LogP contribution in [0.1, 0.15) is 26.2 Å². The largest absolute Gasteiger partial charge is 0.135 e. The van der Waals surface area contributed by atoms with Gasteiger partial charge in [0.25, 0.3) is 0 Å². The Kier molecular flexibility index (Phi) is 5.51. The molecule has 0 spiro atoms. The highest BCUT2D eigenvalue weighted by Crippen LogP contribution is 1.89. The third-order valence-electron chi connectivity index (χ3n) is 0.780. The van der Waals surface area contributed by atoms with Crippen molar-refractivity contribution in [1.82, 2.24) is 0 Å². The lowest BCUT2D eigenvalue weighted by Gasteiger charge is -1.80. The van der Waals surface area contributed by atoms with E-state index in [0.29, 0.717) is 0 Å². The molecule has 0 N–H and O–H groups in total. The van der Waals surface area contributed by atoms with Crippen molar-refractivity contribution < 1.29 is 0 Å². The molecule has 0 aromatic heterocycles. The number of hydrogen-bond donors (Lipinski definition) is 0. The zero-order valence-corrected chi connectivity index (χ0v) is 4.98. The molecule has 2 heteroatoms. The van der Waals surface area contributed by atoms with E-state index in [0.717, 1.165) is 19.3 Å². The zero-order chi connectivity index (χ0) is 6.24. The highest BCUT2D eigenvalue weighted by molar-refractivity contribution is 4.95. The predicted octanol–water partition coefficient (Wildman–Crippen LogP) is 1.90. The van der Waals surface area contributed by atoms with Gasteiger partial charge in [0.15, 0.2) is 0 Å². The lowest BCUT2D eigenvalue weighted by molar-refractivity contribution is 0.828. The normalized spacial score (nSPS) is 7.12. The van der Waals surface area contributed by atoms with Crippen molar-refractivity contribution in [2.24, 2.45) is 5.18 Å². The van der Waals surface area contributed by atoms with E-state index in [9.17, 15) is 4.91 Å². The van der Waals surface area contributed by atoms with Gasteiger partial charge in [-0.3, -0.25) is 0 Å². The van der Waals surface area contributed by atoms with Crippen LogP contribution in [0.4, 0.5) is 0 Å². The summed E-state index contributed by atoms with van der Waals surface area (Å²) in [6.07, 6.45) is 2.97. The van der Waals surface area contributed by atoms with Crippen LogP contribution < -0.4 is 0 Å². The molecule has 0 aliphatic heterocycles. The molecular weight excluding hydrogens is 102 g/mol. The first-order valence-electron chi connectivity index (χ1n) is 2.72. The van der Waals surface area contributed by atoms with Gasteiger partial charge >= 0.3 is 0 Å². The Morgan fingerprint density at radius 1 is 1.62 bits per heavy atom. The Hall–Kier alpha value is -0.840. The first-order chi connectivity index (χ1) is 3.91. The van der Waals surface area contributed by atoms with Crippen LogP contribution >= 0.6 is 0 Å². The molecule has 0 bridgehead atoms. The third kappa shape index (κ3) is 5.16. The van der Waals surface area contributed by atoms with Gasteiger partial charge < -0.3 is 0 Å². The second-order valence-electron chi connectivity index (χ2n) is 1.48. The third-order valence-corrected chi connectivity index (χ3v) is 0.780. The fraction of sp³-hybridized carbons (Fsp3) is 0.667. The van der Waals surface area contributed by atoms with Gasteiger partial charge in [-0.15, -0.1) is 4.91 Å². The van der Waals surface area contributed by atoms with Crippen LogP contribution in [0.15, 0.2) is 5.18 Å². The van der Waals surface area contributed by atoms with E-state index >= 15 is 0 Å². The van der Waals surface area contributed by atoms with E-state index < -0.39 is 0 Å². The van der Waals surface area contributed by atoms with Crippen molar-refractivity contribution in [3.8, 4) is 12.0 Å². The molecule has 0 amide bonds. The Balaban J connectivity index is 3.02. The summed E-state index contributed by atoms with van der Waals surface area (Å²) in [5.74, 6) is 2.61. The van der Waals surface area contributed by atoms with Gasteiger partial charge in [-0.05, 0) is 6.42 Å². The second kappa shape index (κ2) is 6.16. The second-order valence-corrected chi connectivity index (χ2v) is 1.48. The number of nitrogens with zero attached hydrogens (tertiary/aromatic N) is 1. The van der Waals surface area contributed by atoms with Crippen LogP contribution in [0.25, 0.3) is 0 Å². The van der Waals surface area contributed by atoms with E-state index in [1.54, 1.807) is 0 Å². The van der Waals surface area contributed by atoms with Gasteiger partial charge in [0.1, 0.15) is 0 Å². The minimum atomic E-state index is 0.794. The molecule has 8 heavy (non-hydrogen) atoms. The first kappa shape index (κ1) is 7.16. The Bertz CT molecular complexity index is 109. The first-order valence-corrected chi connectivity index (χ1v) is 2.72. The minimum absolute atomic E-state index is 0.794. The molecule has 2 nitrogen and oxygen atoms in total. The monoisotopic (exact) mass is 111 g/mol. The van der Waals surface area contributed by atoms with E-state index in [-0.39, 0.29) is 0 Å². The molecule has 0 rings (SSSR count). The van der Waals surface area contributed by atoms with Gasteiger partial charge in [0, 0.05) is 11.6 Å². The Morgan fingerprint density at radius 3 is 2.88 bits per heavy atom. The molecule has 0 unspecified atom stereocenters. The standard InChI is InChI=1S/C6H9NO/c1-2-3-4-5-6-7-8/h2-4H2,1H3. The number of hydrogen-bond acceptors (Lipinski definition) is 2. The number of rotatable bonds is 2. The highest BCUT2D eigenvalue weighted by atomic mass is 16.2. The molecule has 0 aliphatic rings. The van der Waals surface area contributed by atoms with Gasteiger partial charge in [-0.2, -0.15) is 0 Å². The van der Waals surface area contributed by atoms with Crippen LogP contribution in [0.5, 0.6) is 0 Å². The summed E-state index contributed by atoms with van der Waals surface area (Å²) in [5, 5.41) is 2.40. The average molecular weight is 111 g/mol. The fourth-order valence-corrected chi connectivity index (χ4v) is 0.353. The molecule has 0 aromatic rings. The van der Waals surface area contributed by atoms with Crippen LogP contribution in [0.2, 0.25) is 0 Å². The lowest BCUT2D eigenvalue weighted by atomic mass is 10.3. The summed E-state index contributed by atoms with van der Waals surface area (Å²) in [4.78, 5) is 9.34. The predicted molar refractivity (Wildman–Crippen MR) is 33.1 cm³/mol. The molecule has 44 valence electrons. The summed E-state index contributed by atoms with van der Waals surface area (Å²) >= 11 is 0. The van der Waals surface area contributed by atoms with Crippen LogP contribution in [-0.2, 0) is 0 Å². The molecule has 0 radical (unpaired) electrons. The quantitative estimate of drug-likeness (QED) is 0.304. The van der Waals surface area contributed by atoms with Crippen molar-refractivity contribution in [3.63, 3.8) is 0 Å². The van der Waals surface area contributed by atoms with Crippen molar-refractivity contribution in [1.29, 1.82) is 0 Å². The molecule has 0 heterocycles. The molecule has 0 fully saturated rings. The van der Waals surface area contributed by atoms with Gasteiger partial charge in [-0.1, -0.05) is 19.3 Å². The lowest BCUT2D eigenvalue weighted by Crippen LogP contribution is -1.64. The zero-order valence-electron chi connectivity index (χ0n) is 4.98. The maximum Gasteiger partial charge on any atom is 0.0805 e. The number of unbranched alkanes of at least 4 members (excludes halogenated alkanes) is 2. The van der Waals surface area contributed by atoms with Crippen molar-refractivity contribution in [3.05, 3.63) is 4.91 Å². The fourth-order valence-electron chi connectivity index (χ4n) is 0.353. The smallest absolute Gasteiger partial charge is 0.0805 e. The topological polar surface area (TPSA) is 29.4 Å². The molecule has 0 saturated heterocycles. The van der Waals surface area contributed by atoms with Crippen molar-refractivity contribution >= 4 is 0 Å². The van der Waals surface area contributed by atoms with Gasteiger partial charge in [0.2, 0.25) is 0 Å². The van der Waals surface area contributed by atoms with E-state index in [4.69, 9.17) is 0 Å². The Morgan fingerprint density at radius 2 is 2.38 bits per heavy atom. The SMILES string of the molecule is CCCCC#CN=O. The van der Waals surface area contributed by atoms with Crippen molar-refractivity contribution in [2.75, 3.05) is 0 Å². The summed E-state index contributed by atoms with van der Waals surface area (Å²) in [7, 11) is 0. The summed E-state index contributed by atoms with van der Waals surface area (Å²) in [6, 6.07) is 2.10. The van der Waals surface area contributed by atoms with Crippen molar-refractivity contribution in [2.45, 2.75) is 26.2 Å². The molecule has 0 aliphatic carbocycles. The van der Waals surface area contributed by atoms with Crippen LogP contribution in [-0.4, -0.2) is 0 Å². The summed E-state index contributed by atoms with van der Waals surface area (Å²) in [6.45, 7) is 2.08. The minimum Gasteiger partial charge on any atom is -0.135 e. The highest BCUT2D eigenvalue weighted by Gasteiger charge is 1.74. The van der Waals surface area contributed by atoms with E-state index in [1.165, 1.54) is 0 Å².